The van der Waals surface area contributed by atoms with Gasteiger partial charge >= 0.3 is 5.97 Å². The Morgan fingerprint density at radius 2 is 1.68 bits per heavy atom. The summed E-state index contributed by atoms with van der Waals surface area (Å²) in [7, 11) is -3.92. The van der Waals surface area contributed by atoms with Crippen LogP contribution in [0.4, 0.5) is 0 Å². The lowest BCUT2D eigenvalue weighted by Gasteiger charge is -2.05. The highest BCUT2D eigenvalue weighted by Gasteiger charge is 2.24. The zero-order valence-electron chi connectivity index (χ0n) is 11.1. The summed E-state index contributed by atoms with van der Waals surface area (Å²) in [6, 6.07) is 7.51. The summed E-state index contributed by atoms with van der Waals surface area (Å²) in [5, 5.41) is 18.3. The molecule has 0 unspecified atom stereocenters. The summed E-state index contributed by atoms with van der Waals surface area (Å²) in [5.41, 5.74) is -0.182. The Morgan fingerprint density at radius 3 is 2.27 bits per heavy atom. The smallest absolute Gasteiger partial charge is 0.376 e. The number of carbonyl (C=O) groups excluding carboxylic acids is 1. The van der Waals surface area contributed by atoms with E-state index in [-0.39, 0.29) is 15.4 Å². The van der Waals surface area contributed by atoms with Crippen LogP contribution < -0.4 is 0 Å². The maximum absolute atomic E-state index is 12.5. The summed E-state index contributed by atoms with van der Waals surface area (Å²) >= 11 is 0. The van der Waals surface area contributed by atoms with Crippen molar-refractivity contribution in [2.24, 2.45) is 0 Å². The normalized spacial score (nSPS) is 12.1. The second-order valence-corrected chi connectivity index (χ2v) is 6.17. The van der Waals surface area contributed by atoms with Gasteiger partial charge in [0.15, 0.2) is 0 Å². The number of carbonyl (C=O) groups is 2. The molecule has 0 aliphatic carbocycles. The number of carboxylic acid groups (broad SMARTS) is 1. The highest BCUT2D eigenvalue weighted by atomic mass is 32.2. The third-order valence-corrected chi connectivity index (χ3v) is 4.61. The van der Waals surface area contributed by atoms with Gasteiger partial charge in [-0.2, -0.15) is 0 Å². The lowest BCUT2D eigenvalue weighted by atomic mass is 10.2. The second-order valence-electron chi connectivity index (χ2n) is 4.25. The van der Waals surface area contributed by atoms with Crippen molar-refractivity contribution >= 4 is 27.3 Å². The molecule has 1 heterocycles. The van der Waals surface area contributed by atoms with Crippen LogP contribution in [0.5, 0.6) is 0 Å². The SMILES string of the molecule is O=C(O)C(=O)C=C(O)c1c[nH]cc1S(=O)(=O)c1ccccc1. The minimum Gasteiger partial charge on any atom is -0.507 e. The molecule has 0 aliphatic rings. The lowest BCUT2D eigenvalue weighted by molar-refractivity contribution is -0.146. The van der Waals surface area contributed by atoms with E-state index >= 15 is 0 Å². The van der Waals surface area contributed by atoms with Crippen LogP contribution in [0.25, 0.3) is 5.76 Å². The van der Waals surface area contributed by atoms with Gasteiger partial charge in [0.2, 0.25) is 9.84 Å². The fraction of sp³-hybridized carbons (Fsp3) is 0. The average molecular weight is 321 g/mol. The molecule has 114 valence electrons. The molecule has 0 spiro atoms. The molecule has 1 aromatic heterocycles. The molecule has 2 aromatic rings. The molecule has 7 nitrogen and oxygen atoms in total. The summed E-state index contributed by atoms with van der Waals surface area (Å²) in [6.45, 7) is 0. The number of aliphatic hydroxyl groups excluding tert-OH is 1. The van der Waals surface area contributed by atoms with E-state index in [2.05, 4.69) is 4.98 Å². The quantitative estimate of drug-likeness (QED) is 0.434. The molecule has 0 amide bonds. The van der Waals surface area contributed by atoms with Crippen LogP contribution in [0, 0.1) is 0 Å². The van der Waals surface area contributed by atoms with E-state index in [1.54, 1.807) is 18.2 Å². The molecule has 0 saturated carbocycles. The number of hydrogen-bond acceptors (Lipinski definition) is 5. The standard InChI is InChI=1S/C14H11NO6S/c16-11(6-12(17)14(18)19)10-7-15-8-13(10)22(20,21)9-4-2-1-3-5-9/h1-8,15-16H,(H,18,19). The van der Waals surface area contributed by atoms with E-state index in [9.17, 15) is 23.1 Å². The van der Waals surface area contributed by atoms with Crippen molar-refractivity contribution in [3.63, 3.8) is 0 Å². The minimum absolute atomic E-state index is 0.00760. The van der Waals surface area contributed by atoms with E-state index in [1.165, 1.54) is 12.1 Å². The van der Waals surface area contributed by atoms with E-state index in [4.69, 9.17) is 5.11 Å². The van der Waals surface area contributed by atoms with Crippen molar-refractivity contribution in [1.29, 1.82) is 0 Å². The van der Waals surface area contributed by atoms with Gasteiger partial charge < -0.3 is 15.2 Å². The van der Waals surface area contributed by atoms with E-state index < -0.39 is 27.3 Å². The number of sulfone groups is 1. The fourth-order valence-electron chi connectivity index (χ4n) is 1.76. The van der Waals surface area contributed by atoms with Gasteiger partial charge in [0.05, 0.1) is 10.5 Å². The number of benzene rings is 1. The third-order valence-electron chi connectivity index (χ3n) is 2.81. The summed E-state index contributed by atoms with van der Waals surface area (Å²) in [4.78, 5) is 23.8. The van der Waals surface area contributed by atoms with Gasteiger partial charge in [-0.25, -0.2) is 13.2 Å². The molecule has 1 aromatic carbocycles. The summed E-state index contributed by atoms with van der Waals surface area (Å²) in [5.74, 6) is -3.86. The first-order chi connectivity index (χ1) is 10.3. The number of ketones is 1. The predicted molar refractivity (Wildman–Crippen MR) is 75.9 cm³/mol. The molecule has 0 bridgehead atoms. The van der Waals surface area contributed by atoms with Crippen LogP contribution in [0.15, 0.2) is 58.6 Å². The first kappa shape index (κ1) is 15.5. The van der Waals surface area contributed by atoms with Gasteiger partial charge in [0.1, 0.15) is 10.7 Å². The Bertz CT molecular complexity index is 848. The first-order valence-corrected chi connectivity index (χ1v) is 7.47. The van der Waals surface area contributed by atoms with Crippen LogP contribution in [0.3, 0.4) is 0 Å². The molecule has 3 N–H and O–H groups in total. The van der Waals surface area contributed by atoms with Gasteiger partial charge in [-0.15, -0.1) is 0 Å². The molecule has 2 rings (SSSR count). The average Bonchev–Trinajstić information content (AvgIpc) is 2.98. The number of hydrogen-bond donors (Lipinski definition) is 3. The van der Waals surface area contributed by atoms with Crippen molar-refractivity contribution in [3.05, 3.63) is 54.4 Å². The zero-order valence-corrected chi connectivity index (χ0v) is 11.9. The molecule has 0 saturated heterocycles. The number of aliphatic hydroxyl groups is 1. The Morgan fingerprint density at radius 1 is 1.05 bits per heavy atom. The van der Waals surface area contributed by atoms with Crippen molar-refractivity contribution in [2.45, 2.75) is 9.79 Å². The zero-order chi connectivity index (χ0) is 16.3. The van der Waals surface area contributed by atoms with Crippen molar-refractivity contribution in [1.82, 2.24) is 4.98 Å². The van der Waals surface area contributed by atoms with Crippen LogP contribution in [0.1, 0.15) is 5.56 Å². The van der Waals surface area contributed by atoms with Gasteiger partial charge in [-0.05, 0) is 12.1 Å². The van der Waals surface area contributed by atoms with Crippen molar-refractivity contribution in [2.75, 3.05) is 0 Å². The molecule has 0 radical (unpaired) electrons. The second kappa shape index (κ2) is 5.86. The van der Waals surface area contributed by atoms with E-state index in [0.29, 0.717) is 6.08 Å². The van der Waals surface area contributed by atoms with Crippen LogP contribution in [0.2, 0.25) is 0 Å². The molecule has 22 heavy (non-hydrogen) atoms. The number of aromatic amines is 1. The summed E-state index contributed by atoms with van der Waals surface area (Å²) in [6.07, 6.45) is 2.76. The largest absolute Gasteiger partial charge is 0.507 e. The molecule has 0 aliphatic heterocycles. The molecule has 0 atom stereocenters. The Balaban J connectivity index is 2.51. The highest BCUT2D eigenvalue weighted by molar-refractivity contribution is 7.91. The number of rotatable bonds is 5. The fourth-order valence-corrected chi connectivity index (χ4v) is 3.21. The lowest BCUT2D eigenvalue weighted by Crippen LogP contribution is -2.10. The number of aliphatic carboxylic acids is 1. The number of H-pyrrole nitrogens is 1. The highest BCUT2D eigenvalue weighted by Crippen LogP contribution is 2.27. The van der Waals surface area contributed by atoms with Crippen LogP contribution in [-0.2, 0) is 19.4 Å². The topological polar surface area (TPSA) is 125 Å². The van der Waals surface area contributed by atoms with Crippen LogP contribution >= 0.6 is 0 Å². The first-order valence-electron chi connectivity index (χ1n) is 5.99. The number of nitrogens with one attached hydrogen (secondary N) is 1. The van der Waals surface area contributed by atoms with Gasteiger partial charge in [-0.1, -0.05) is 18.2 Å². The maximum Gasteiger partial charge on any atom is 0.376 e. The molecular weight excluding hydrogens is 310 g/mol. The monoisotopic (exact) mass is 321 g/mol. The van der Waals surface area contributed by atoms with Crippen LogP contribution in [-0.4, -0.2) is 35.4 Å². The number of carboxylic acids is 1. The third kappa shape index (κ3) is 2.91. The Kier molecular flexibility index (Phi) is 4.13. The predicted octanol–water partition coefficient (Wildman–Crippen LogP) is 1.40. The van der Waals surface area contributed by atoms with E-state index in [1.807, 2.05) is 0 Å². The Labute approximate surface area is 125 Å². The molecule has 0 fully saturated rings. The van der Waals surface area contributed by atoms with Gasteiger partial charge in [0.25, 0.3) is 5.78 Å². The van der Waals surface area contributed by atoms with Gasteiger partial charge in [-0.3, -0.25) is 4.79 Å². The molecular formula is C14H11NO6S. The summed E-state index contributed by atoms with van der Waals surface area (Å²) < 4.78 is 25.0. The minimum atomic E-state index is -3.92. The number of aromatic nitrogens is 1. The Hall–Kier alpha value is -2.87. The van der Waals surface area contributed by atoms with E-state index in [0.717, 1.165) is 12.4 Å². The maximum atomic E-state index is 12.5. The van der Waals surface area contributed by atoms with Gasteiger partial charge in [0, 0.05) is 18.5 Å². The van der Waals surface area contributed by atoms with Crippen molar-refractivity contribution in [3.8, 4) is 0 Å². The van der Waals surface area contributed by atoms with Crippen molar-refractivity contribution < 1.29 is 28.2 Å². The molecule has 8 heteroatoms.